The van der Waals surface area contributed by atoms with Crippen molar-refractivity contribution in [3.63, 3.8) is 0 Å². The normalized spacial score (nSPS) is 36.0. The van der Waals surface area contributed by atoms with Crippen LogP contribution in [0.25, 0.3) is 0 Å². The summed E-state index contributed by atoms with van der Waals surface area (Å²) in [4.78, 5) is 72.3. The van der Waals surface area contributed by atoms with E-state index in [4.69, 9.17) is 42.6 Å². The first-order chi connectivity index (χ1) is 20.4. The first-order valence-electron chi connectivity index (χ1n) is 13.4. The molecule has 44 heavy (non-hydrogen) atoms. The largest absolute Gasteiger partial charge is 0.471 e. The van der Waals surface area contributed by atoms with Crippen LogP contribution < -0.4 is 0 Å². The van der Waals surface area contributed by atoms with Gasteiger partial charge in [-0.25, -0.2) is 4.79 Å². The molecule has 10 atom stereocenters. The van der Waals surface area contributed by atoms with Crippen LogP contribution in [-0.2, 0) is 71.4 Å². The van der Waals surface area contributed by atoms with Gasteiger partial charge in [0.25, 0.3) is 0 Å². The average molecular weight is 633 g/mol. The van der Waals surface area contributed by atoms with Crippen molar-refractivity contribution in [2.75, 3.05) is 13.7 Å². The van der Waals surface area contributed by atoms with E-state index in [0.29, 0.717) is 0 Å². The molecule has 0 amide bonds. The van der Waals surface area contributed by atoms with E-state index in [1.54, 1.807) is 0 Å². The fourth-order valence-corrected chi connectivity index (χ4v) is 5.63. The topological polar surface area (TPSA) is 226 Å². The van der Waals surface area contributed by atoms with Crippen molar-refractivity contribution < 1.29 is 81.6 Å². The quantitative estimate of drug-likeness (QED) is 0.228. The number of carbonyl (C=O) groups excluding carboxylic acids is 6. The molecule has 0 aromatic rings. The van der Waals surface area contributed by atoms with Crippen LogP contribution in [-0.4, -0.2) is 114 Å². The van der Waals surface area contributed by atoms with E-state index in [1.807, 2.05) is 0 Å². The molecule has 17 heteroatoms. The predicted molar refractivity (Wildman–Crippen MR) is 137 cm³/mol. The van der Waals surface area contributed by atoms with E-state index in [9.17, 15) is 39.0 Å². The van der Waals surface area contributed by atoms with Crippen molar-refractivity contribution in [3.8, 4) is 0 Å². The monoisotopic (exact) mass is 632 g/mol. The third-order valence-electron chi connectivity index (χ3n) is 7.28. The van der Waals surface area contributed by atoms with Crippen LogP contribution in [0.1, 0.15) is 48.0 Å². The number of hydrogen-bond donors (Lipinski definition) is 2. The van der Waals surface area contributed by atoms with Crippen molar-refractivity contribution in [1.82, 2.24) is 0 Å². The number of aliphatic hydroxyl groups is 2. The van der Waals surface area contributed by atoms with E-state index in [-0.39, 0.29) is 0 Å². The number of methoxy groups -OCH3 is 1. The standard InChI is InChI=1S/C27H36O17/c1-11(28)37-10-17-19(40-13(3)30)20(41-14(4)31)21(42-15(5)32)24(43-17)44-25-22-26(6,34)18(39-12(2)29)8-27(22,35)16(9-38-25)23(33)36-7/h9,17-22,24-25,34-35H,8,10H2,1-7H3/t17-,18-,19-,20+,21-,22+,24+,25-,26-,27-/m0/s1. The summed E-state index contributed by atoms with van der Waals surface area (Å²) < 4.78 is 48.7. The molecule has 1 saturated carbocycles. The molecular formula is C27H36O17. The molecule has 0 unspecified atom stereocenters. The lowest BCUT2D eigenvalue weighted by Crippen LogP contribution is -2.65. The Hall–Kier alpha value is -3.80. The molecule has 2 heterocycles. The maximum absolute atomic E-state index is 12.6. The first-order valence-corrected chi connectivity index (χ1v) is 13.4. The Balaban J connectivity index is 2.10. The van der Waals surface area contributed by atoms with Gasteiger partial charge in [0.15, 0.2) is 18.3 Å². The zero-order valence-corrected chi connectivity index (χ0v) is 25.1. The van der Waals surface area contributed by atoms with Gasteiger partial charge in [0.05, 0.1) is 19.3 Å². The molecule has 3 rings (SSSR count). The van der Waals surface area contributed by atoms with Gasteiger partial charge in [-0.2, -0.15) is 0 Å². The van der Waals surface area contributed by atoms with Crippen molar-refractivity contribution in [2.24, 2.45) is 5.92 Å². The number of esters is 6. The van der Waals surface area contributed by atoms with E-state index in [1.165, 1.54) is 6.92 Å². The van der Waals surface area contributed by atoms with Gasteiger partial charge in [-0.3, -0.25) is 24.0 Å². The van der Waals surface area contributed by atoms with Gasteiger partial charge >= 0.3 is 35.8 Å². The highest BCUT2D eigenvalue weighted by Crippen LogP contribution is 2.53. The number of carbonyl (C=O) groups is 6. The minimum Gasteiger partial charge on any atom is -0.471 e. The average Bonchev–Trinajstić information content (AvgIpc) is 3.09. The Morgan fingerprint density at radius 3 is 1.89 bits per heavy atom. The molecule has 0 aromatic heterocycles. The minimum atomic E-state index is -2.25. The zero-order valence-electron chi connectivity index (χ0n) is 25.1. The van der Waals surface area contributed by atoms with Crippen molar-refractivity contribution in [2.45, 2.75) is 102 Å². The Morgan fingerprint density at radius 2 is 1.36 bits per heavy atom. The number of fused-ring (bicyclic) bond motifs is 1. The molecule has 1 saturated heterocycles. The highest BCUT2D eigenvalue weighted by atomic mass is 16.8. The summed E-state index contributed by atoms with van der Waals surface area (Å²) in [5.41, 5.74) is -4.78. The van der Waals surface area contributed by atoms with E-state index < -0.39 is 115 Å². The van der Waals surface area contributed by atoms with Crippen LogP contribution in [0.2, 0.25) is 0 Å². The van der Waals surface area contributed by atoms with Crippen LogP contribution in [0.15, 0.2) is 11.8 Å². The highest BCUT2D eigenvalue weighted by Gasteiger charge is 2.69. The molecule has 0 radical (unpaired) electrons. The number of hydrogen-bond acceptors (Lipinski definition) is 17. The van der Waals surface area contributed by atoms with E-state index in [0.717, 1.165) is 48.0 Å². The lowest BCUT2D eigenvalue weighted by atomic mass is 9.77. The second kappa shape index (κ2) is 13.5. The second-order valence-corrected chi connectivity index (χ2v) is 10.7. The summed E-state index contributed by atoms with van der Waals surface area (Å²) in [6.45, 7) is 5.98. The Labute approximate surface area is 251 Å². The number of rotatable bonds is 9. The van der Waals surface area contributed by atoms with Crippen LogP contribution in [0.3, 0.4) is 0 Å². The van der Waals surface area contributed by atoms with Crippen molar-refractivity contribution in [1.29, 1.82) is 0 Å². The molecule has 1 aliphatic carbocycles. The summed E-state index contributed by atoms with van der Waals surface area (Å²) in [5.74, 6) is -6.75. The summed E-state index contributed by atoms with van der Waals surface area (Å²) in [6, 6.07) is 0. The maximum atomic E-state index is 12.6. The van der Waals surface area contributed by atoms with Gasteiger partial charge in [-0.15, -0.1) is 0 Å². The fraction of sp³-hybridized carbons (Fsp3) is 0.704. The van der Waals surface area contributed by atoms with E-state index >= 15 is 0 Å². The summed E-state index contributed by atoms with van der Waals surface area (Å²) in [5, 5.41) is 23.4. The Morgan fingerprint density at radius 1 is 0.818 bits per heavy atom. The Kier molecular flexibility index (Phi) is 10.6. The molecule has 2 fully saturated rings. The lowest BCUT2D eigenvalue weighted by molar-refractivity contribution is -0.353. The molecular weight excluding hydrogens is 596 g/mol. The lowest BCUT2D eigenvalue weighted by Gasteiger charge is -2.47. The third-order valence-corrected chi connectivity index (χ3v) is 7.28. The smallest absolute Gasteiger partial charge is 0.339 e. The van der Waals surface area contributed by atoms with Crippen LogP contribution >= 0.6 is 0 Å². The van der Waals surface area contributed by atoms with Gasteiger partial charge in [0.2, 0.25) is 12.6 Å². The minimum absolute atomic E-state index is 0.415. The van der Waals surface area contributed by atoms with E-state index in [2.05, 4.69) is 0 Å². The van der Waals surface area contributed by atoms with Crippen LogP contribution in [0, 0.1) is 5.92 Å². The maximum Gasteiger partial charge on any atom is 0.339 e. The SMILES string of the molecule is COC(=O)C1=CO[C@@H](O[C@H]2O[C@@H](COC(C)=O)[C@H](OC(C)=O)[C@@H](OC(C)=O)[C@@H]2OC(C)=O)[C@@H]2[C@@](C)(O)[C@@H](OC(C)=O)C[C@]12O. The van der Waals surface area contributed by atoms with Gasteiger partial charge in [0.1, 0.15) is 35.6 Å². The molecule has 2 N–H and O–H groups in total. The molecule has 0 aromatic carbocycles. The molecule has 3 aliphatic rings. The van der Waals surface area contributed by atoms with Gasteiger partial charge in [0, 0.05) is 41.0 Å². The van der Waals surface area contributed by atoms with Crippen molar-refractivity contribution in [3.05, 3.63) is 11.8 Å². The summed E-state index contributed by atoms with van der Waals surface area (Å²) in [6.07, 6.45) is -10.6. The van der Waals surface area contributed by atoms with Gasteiger partial charge < -0.3 is 52.8 Å². The molecule has 0 spiro atoms. The molecule has 0 bridgehead atoms. The number of ether oxygens (including phenoxy) is 9. The second-order valence-electron chi connectivity index (χ2n) is 10.7. The Bertz CT molecular complexity index is 1190. The molecule has 246 valence electrons. The van der Waals surface area contributed by atoms with Crippen LogP contribution in [0.4, 0.5) is 0 Å². The summed E-state index contributed by atoms with van der Waals surface area (Å²) in [7, 11) is 1.05. The fourth-order valence-electron chi connectivity index (χ4n) is 5.63. The zero-order chi connectivity index (χ0) is 33.1. The molecule has 17 nitrogen and oxygen atoms in total. The predicted octanol–water partition coefficient (Wildman–Crippen LogP) is -1.07. The van der Waals surface area contributed by atoms with Crippen LogP contribution in [0.5, 0.6) is 0 Å². The van der Waals surface area contributed by atoms with Gasteiger partial charge in [-0.05, 0) is 6.92 Å². The molecule has 2 aliphatic heterocycles. The summed E-state index contributed by atoms with van der Waals surface area (Å²) >= 11 is 0. The highest BCUT2D eigenvalue weighted by molar-refractivity contribution is 5.91. The first kappa shape index (κ1) is 34.7. The third kappa shape index (κ3) is 7.28. The van der Waals surface area contributed by atoms with Crippen molar-refractivity contribution >= 4 is 35.8 Å². The van der Waals surface area contributed by atoms with Gasteiger partial charge in [-0.1, -0.05) is 0 Å².